The summed E-state index contributed by atoms with van der Waals surface area (Å²) < 4.78 is 5.64. The summed E-state index contributed by atoms with van der Waals surface area (Å²) in [6, 6.07) is 0.453. The number of hydrogen-bond acceptors (Lipinski definition) is 3. The van der Waals surface area contributed by atoms with E-state index in [0.717, 1.165) is 32.4 Å². The molecular weight excluding hydrogens is 202 g/mol. The molecule has 0 saturated carbocycles. The lowest BCUT2D eigenvalue weighted by Crippen LogP contribution is -2.41. The second-order valence-corrected chi connectivity index (χ2v) is 5.72. The normalized spacial score (nSPS) is 44.1. The van der Waals surface area contributed by atoms with Gasteiger partial charge < -0.3 is 9.84 Å². The Labute approximate surface area is 97.8 Å². The average molecular weight is 225 g/mol. The van der Waals surface area contributed by atoms with Gasteiger partial charge in [0.25, 0.3) is 0 Å². The Bertz CT molecular complexity index is 252. The van der Waals surface area contributed by atoms with E-state index < -0.39 is 5.60 Å². The molecule has 3 nitrogen and oxygen atoms in total. The highest BCUT2D eigenvalue weighted by atomic mass is 16.5. The predicted octanol–water partition coefficient (Wildman–Crippen LogP) is 1.54. The molecule has 3 saturated heterocycles. The molecule has 3 fully saturated rings. The number of fused-ring (bicyclic) bond motifs is 1. The lowest BCUT2D eigenvalue weighted by molar-refractivity contribution is -0.00983. The summed E-state index contributed by atoms with van der Waals surface area (Å²) in [4.78, 5) is 2.48. The Balaban J connectivity index is 1.56. The summed E-state index contributed by atoms with van der Waals surface area (Å²) in [5.41, 5.74) is -0.400. The molecule has 16 heavy (non-hydrogen) atoms. The fraction of sp³-hybridized carbons (Fsp3) is 1.00. The van der Waals surface area contributed by atoms with Crippen LogP contribution < -0.4 is 0 Å². The van der Waals surface area contributed by atoms with E-state index in [1.165, 1.54) is 32.2 Å². The van der Waals surface area contributed by atoms with Gasteiger partial charge in [0.15, 0.2) is 0 Å². The number of ether oxygens (including phenoxy) is 1. The SMILES string of the molecule is OC1(CCC2CCCO2)CCN2CCCC21. The largest absolute Gasteiger partial charge is 0.388 e. The Morgan fingerprint density at radius 3 is 3.00 bits per heavy atom. The summed E-state index contributed by atoms with van der Waals surface area (Å²) in [5, 5.41) is 10.7. The molecule has 3 heteroatoms. The molecule has 0 aromatic rings. The minimum Gasteiger partial charge on any atom is -0.388 e. The lowest BCUT2D eigenvalue weighted by Gasteiger charge is -2.30. The first-order valence-corrected chi connectivity index (χ1v) is 6.86. The van der Waals surface area contributed by atoms with Crippen molar-refractivity contribution in [3.63, 3.8) is 0 Å². The minimum absolute atomic E-state index is 0.400. The molecule has 0 aliphatic carbocycles. The van der Waals surface area contributed by atoms with Gasteiger partial charge >= 0.3 is 0 Å². The zero-order valence-electron chi connectivity index (χ0n) is 10.0. The summed E-state index contributed by atoms with van der Waals surface area (Å²) in [7, 11) is 0. The Kier molecular flexibility index (Phi) is 2.94. The van der Waals surface area contributed by atoms with Crippen LogP contribution in [0.15, 0.2) is 0 Å². The molecule has 3 aliphatic rings. The van der Waals surface area contributed by atoms with Crippen LogP contribution in [-0.4, -0.2) is 47.4 Å². The number of nitrogens with zero attached hydrogens (tertiary/aromatic N) is 1. The van der Waals surface area contributed by atoms with Crippen molar-refractivity contribution < 1.29 is 9.84 Å². The standard InChI is InChI=1S/C13H23NO2/c15-13(6-5-11-3-2-10-16-11)7-9-14-8-1-4-12(13)14/h11-12,15H,1-10H2. The number of rotatable bonds is 3. The second kappa shape index (κ2) is 4.28. The van der Waals surface area contributed by atoms with Crippen molar-refractivity contribution in [2.24, 2.45) is 0 Å². The van der Waals surface area contributed by atoms with E-state index in [2.05, 4.69) is 4.90 Å². The van der Waals surface area contributed by atoms with Crippen molar-refractivity contribution in [3.05, 3.63) is 0 Å². The van der Waals surface area contributed by atoms with E-state index in [9.17, 15) is 5.11 Å². The van der Waals surface area contributed by atoms with Crippen LogP contribution in [0.5, 0.6) is 0 Å². The molecule has 92 valence electrons. The van der Waals surface area contributed by atoms with Crippen molar-refractivity contribution in [1.82, 2.24) is 4.90 Å². The Morgan fingerprint density at radius 2 is 2.19 bits per heavy atom. The van der Waals surface area contributed by atoms with E-state index in [1.54, 1.807) is 0 Å². The first kappa shape index (κ1) is 11.0. The minimum atomic E-state index is -0.400. The summed E-state index contributed by atoms with van der Waals surface area (Å²) in [5.74, 6) is 0. The lowest BCUT2D eigenvalue weighted by atomic mass is 9.87. The highest BCUT2D eigenvalue weighted by Crippen LogP contribution is 2.39. The van der Waals surface area contributed by atoms with Gasteiger partial charge in [0.2, 0.25) is 0 Å². The van der Waals surface area contributed by atoms with Crippen LogP contribution in [0, 0.1) is 0 Å². The third-order valence-electron chi connectivity index (χ3n) is 4.74. The fourth-order valence-electron chi connectivity index (χ4n) is 3.78. The van der Waals surface area contributed by atoms with Gasteiger partial charge in [-0.3, -0.25) is 4.90 Å². The van der Waals surface area contributed by atoms with Gasteiger partial charge in [-0.2, -0.15) is 0 Å². The van der Waals surface area contributed by atoms with Crippen LogP contribution in [0.1, 0.15) is 44.9 Å². The smallest absolute Gasteiger partial charge is 0.0815 e. The highest BCUT2D eigenvalue weighted by Gasteiger charge is 2.47. The second-order valence-electron chi connectivity index (χ2n) is 5.72. The Hall–Kier alpha value is -0.120. The monoisotopic (exact) mass is 225 g/mol. The first-order chi connectivity index (χ1) is 7.78. The molecule has 0 spiro atoms. The fourth-order valence-corrected chi connectivity index (χ4v) is 3.78. The van der Waals surface area contributed by atoms with E-state index in [0.29, 0.717) is 12.1 Å². The summed E-state index contributed by atoms with van der Waals surface area (Å²) >= 11 is 0. The summed E-state index contributed by atoms with van der Waals surface area (Å²) in [6.45, 7) is 3.23. The van der Waals surface area contributed by atoms with Crippen molar-refractivity contribution in [2.75, 3.05) is 19.7 Å². The van der Waals surface area contributed by atoms with E-state index >= 15 is 0 Å². The van der Waals surface area contributed by atoms with Crippen molar-refractivity contribution in [2.45, 2.75) is 62.7 Å². The van der Waals surface area contributed by atoms with Gasteiger partial charge in [0.1, 0.15) is 0 Å². The molecule has 0 aromatic carbocycles. The van der Waals surface area contributed by atoms with Crippen LogP contribution in [-0.2, 0) is 4.74 Å². The first-order valence-electron chi connectivity index (χ1n) is 6.86. The van der Waals surface area contributed by atoms with Crippen molar-refractivity contribution in [3.8, 4) is 0 Å². The molecule has 0 aromatic heterocycles. The van der Waals surface area contributed by atoms with Gasteiger partial charge in [0.05, 0.1) is 11.7 Å². The number of hydrogen-bond donors (Lipinski definition) is 1. The van der Waals surface area contributed by atoms with Gasteiger partial charge in [-0.25, -0.2) is 0 Å². The van der Waals surface area contributed by atoms with Gasteiger partial charge in [-0.15, -0.1) is 0 Å². The number of aliphatic hydroxyl groups is 1. The third-order valence-corrected chi connectivity index (χ3v) is 4.74. The molecule has 3 heterocycles. The van der Waals surface area contributed by atoms with Crippen molar-refractivity contribution in [1.29, 1.82) is 0 Å². The van der Waals surface area contributed by atoms with E-state index in [4.69, 9.17) is 4.74 Å². The van der Waals surface area contributed by atoms with Crippen LogP contribution >= 0.6 is 0 Å². The van der Waals surface area contributed by atoms with Crippen LogP contribution in [0.4, 0.5) is 0 Å². The van der Waals surface area contributed by atoms with Gasteiger partial charge in [-0.05, 0) is 51.5 Å². The predicted molar refractivity (Wildman–Crippen MR) is 62.4 cm³/mol. The molecule has 3 atom stereocenters. The van der Waals surface area contributed by atoms with Crippen LogP contribution in [0.3, 0.4) is 0 Å². The third kappa shape index (κ3) is 1.89. The molecular formula is C13H23NO2. The molecule has 0 radical (unpaired) electrons. The Morgan fingerprint density at radius 1 is 1.25 bits per heavy atom. The zero-order valence-corrected chi connectivity index (χ0v) is 10.0. The molecule has 3 rings (SSSR count). The van der Waals surface area contributed by atoms with Crippen LogP contribution in [0.2, 0.25) is 0 Å². The highest BCUT2D eigenvalue weighted by molar-refractivity contribution is 5.02. The topological polar surface area (TPSA) is 32.7 Å². The van der Waals surface area contributed by atoms with E-state index in [1.807, 2.05) is 0 Å². The maximum atomic E-state index is 10.7. The zero-order chi connectivity index (χ0) is 11.0. The maximum Gasteiger partial charge on any atom is 0.0815 e. The molecule has 3 aliphatic heterocycles. The molecule has 0 amide bonds. The average Bonchev–Trinajstić information content (AvgIpc) is 2.96. The summed E-state index contributed by atoms with van der Waals surface area (Å²) in [6.07, 6.45) is 8.28. The van der Waals surface area contributed by atoms with Gasteiger partial charge in [-0.1, -0.05) is 0 Å². The maximum absolute atomic E-state index is 10.7. The van der Waals surface area contributed by atoms with Crippen LogP contribution in [0.25, 0.3) is 0 Å². The van der Waals surface area contributed by atoms with Crippen molar-refractivity contribution >= 4 is 0 Å². The molecule has 1 N–H and O–H groups in total. The molecule has 3 unspecified atom stereocenters. The van der Waals surface area contributed by atoms with E-state index in [-0.39, 0.29) is 0 Å². The quantitative estimate of drug-likeness (QED) is 0.791. The molecule has 0 bridgehead atoms. The van der Waals surface area contributed by atoms with Gasteiger partial charge in [0, 0.05) is 19.2 Å².